The molecule has 1 aromatic carbocycles. The van der Waals surface area contributed by atoms with Crippen molar-refractivity contribution in [2.45, 2.75) is 58.7 Å². The summed E-state index contributed by atoms with van der Waals surface area (Å²) in [4.78, 5) is 25.3. The minimum atomic E-state index is -0.857. The van der Waals surface area contributed by atoms with Crippen molar-refractivity contribution in [3.63, 3.8) is 0 Å². The lowest BCUT2D eigenvalue weighted by Gasteiger charge is -2.44. The predicted molar refractivity (Wildman–Crippen MR) is 101 cm³/mol. The first-order chi connectivity index (χ1) is 12.6. The Bertz CT molecular complexity index is 778. The molecular weight excluding hydrogens is 344 g/mol. The van der Waals surface area contributed by atoms with E-state index in [0.29, 0.717) is 30.4 Å². The van der Waals surface area contributed by atoms with Crippen molar-refractivity contribution in [3.05, 3.63) is 41.5 Å². The number of benzene rings is 1. The second-order valence-electron chi connectivity index (χ2n) is 8.62. The number of carbonyl (C=O) groups excluding carboxylic acids is 2. The molecule has 3 rings (SSSR count). The maximum Gasteiger partial charge on any atom is 0.338 e. The highest BCUT2D eigenvalue weighted by Crippen LogP contribution is 2.58. The van der Waals surface area contributed by atoms with Gasteiger partial charge < -0.3 is 14.9 Å². The Kier molecular flexibility index (Phi) is 4.93. The molecule has 0 spiro atoms. The van der Waals surface area contributed by atoms with Gasteiger partial charge in [0.2, 0.25) is 0 Å². The van der Waals surface area contributed by atoms with Gasteiger partial charge in [-0.25, -0.2) is 4.79 Å². The van der Waals surface area contributed by atoms with E-state index in [1.807, 2.05) is 20.8 Å². The van der Waals surface area contributed by atoms with Gasteiger partial charge in [-0.2, -0.15) is 0 Å². The molecule has 4 atom stereocenters. The summed E-state index contributed by atoms with van der Waals surface area (Å²) in [7, 11) is 0. The summed E-state index contributed by atoms with van der Waals surface area (Å²) >= 11 is 0. The van der Waals surface area contributed by atoms with E-state index < -0.39 is 23.1 Å². The highest BCUT2D eigenvalue weighted by atomic mass is 16.6. The third-order valence-electron chi connectivity index (χ3n) is 6.49. The van der Waals surface area contributed by atoms with Crippen LogP contribution in [0.1, 0.15) is 57.3 Å². The first-order valence-electron chi connectivity index (χ1n) is 9.51. The lowest BCUT2D eigenvalue weighted by Crippen LogP contribution is -2.51. The Morgan fingerprint density at radius 1 is 1.22 bits per heavy atom. The zero-order chi connectivity index (χ0) is 20.0. The molecule has 27 heavy (non-hydrogen) atoms. The first kappa shape index (κ1) is 19.6. The zero-order valence-corrected chi connectivity index (χ0v) is 16.4. The van der Waals surface area contributed by atoms with Crippen LogP contribution in [0.5, 0.6) is 5.75 Å². The number of esters is 1. The number of carbonyl (C=O) groups is 2. The highest BCUT2D eigenvalue weighted by molar-refractivity contribution is 5.95. The standard InChI is InChI=1S/C22H28O5/c1-13(2)22(27-20(26)15-5-7-16(23)8-6-15)10-9-21(4)12-18(25)14(3)11-17(24)19(21)22/h5-8,11,13,17,19,23-24H,9-10,12H2,1-4H3/t17-,19+,21+,22+/m0/s1. The van der Waals surface area contributed by atoms with Crippen molar-refractivity contribution in [1.29, 1.82) is 0 Å². The van der Waals surface area contributed by atoms with Crippen molar-refractivity contribution in [2.24, 2.45) is 17.3 Å². The summed E-state index contributed by atoms with van der Waals surface area (Å²) < 4.78 is 6.10. The monoisotopic (exact) mass is 372 g/mol. The van der Waals surface area contributed by atoms with Gasteiger partial charge >= 0.3 is 5.97 Å². The number of aromatic hydroxyl groups is 1. The summed E-state index contributed by atoms with van der Waals surface area (Å²) in [6.07, 6.45) is 2.44. The minimum Gasteiger partial charge on any atom is -0.508 e. The number of phenols is 1. The van der Waals surface area contributed by atoms with Crippen LogP contribution in [0.2, 0.25) is 0 Å². The van der Waals surface area contributed by atoms with Gasteiger partial charge in [-0.1, -0.05) is 20.8 Å². The fourth-order valence-corrected chi connectivity index (χ4v) is 4.94. The maximum atomic E-state index is 12.9. The number of phenolic OH excluding ortho intramolecular Hbond substituents is 1. The zero-order valence-electron chi connectivity index (χ0n) is 16.4. The lowest BCUT2D eigenvalue weighted by molar-refractivity contribution is -0.123. The fraction of sp³-hybridized carbons (Fsp3) is 0.545. The molecule has 146 valence electrons. The van der Waals surface area contributed by atoms with Crippen LogP contribution in [0.15, 0.2) is 35.9 Å². The second-order valence-corrected chi connectivity index (χ2v) is 8.62. The van der Waals surface area contributed by atoms with Gasteiger partial charge in [-0.05, 0) is 67.0 Å². The molecule has 0 radical (unpaired) electrons. The second kappa shape index (κ2) is 6.79. The van der Waals surface area contributed by atoms with E-state index in [4.69, 9.17) is 4.74 Å². The van der Waals surface area contributed by atoms with E-state index in [-0.39, 0.29) is 23.4 Å². The molecule has 2 aliphatic carbocycles. The van der Waals surface area contributed by atoms with Gasteiger partial charge in [0.15, 0.2) is 5.78 Å². The molecule has 0 bridgehead atoms. The van der Waals surface area contributed by atoms with Gasteiger partial charge in [0.05, 0.1) is 11.7 Å². The number of rotatable bonds is 3. The third-order valence-corrected chi connectivity index (χ3v) is 6.49. The van der Waals surface area contributed by atoms with Gasteiger partial charge in [0, 0.05) is 12.3 Å². The molecule has 5 heteroatoms. The van der Waals surface area contributed by atoms with Gasteiger partial charge in [0.25, 0.3) is 0 Å². The Morgan fingerprint density at radius 3 is 2.44 bits per heavy atom. The van der Waals surface area contributed by atoms with Crippen LogP contribution < -0.4 is 0 Å². The van der Waals surface area contributed by atoms with Gasteiger partial charge in [0.1, 0.15) is 11.4 Å². The number of ketones is 1. The molecule has 2 N–H and O–H groups in total. The number of hydrogen-bond acceptors (Lipinski definition) is 5. The topological polar surface area (TPSA) is 83.8 Å². The molecular formula is C22H28O5. The normalized spacial score (nSPS) is 33.4. The Balaban J connectivity index is 2.00. The molecule has 0 unspecified atom stereocenters. The summed E-state index contributed by atoms with van der Waals surface area (Å²) in [5.41, 5.74) is -0.359. The number of aliphatic hydroxyl groups is 1. The van der Waals surface area contributed by atoms with Gasteiger partial charge in [-0.15, -0.1) is 0 Å². The Morgan fingerprint density at radius 2 is 1.85 bits per heavy atom. The van der Waals surface area contributed by atoms with E-state index in [1.165, 1.54) is 24.3 Å². The average Bonchev–Trinajstić information content (AvgIpc) is 2.84. The number of allylic oxidation sites excluding steroid dienone is 1. The predicted octanol–water partition coefficient (Wildman–Crippen LogP) is 3.64. The molecule has 0 saturated heterocycles. The van der Waals surface area contributed by atoms with E-state index in [0.717, 1.165) is 0 Å². The number of ether oxygens (including phenoxy) is 1. The summed E-state index contributed by atoms with van der Waals surface area (Å²) in [5, 5.41) is 20.4. The highest BCUT2D eigenvalue weighted by Gasteiger charge is 2.61. The minimum absolute atomic E-state index is 0.0260. The number of fused-ring (bicyclic) bond motifs is 1. The molecule has 2 aliphatic rings. The maximum absolute atomic E-state index is 12.9. The Hall–Kier alpha value is -2.14. The molecule has 0 aliphatic heterocycles. The van der Waals surface area contributed by atoms with Crippen LogP contribution in [0.25, 0.3) is 0 Å². The van der Waals surface area contributed by atoms with Crippen LogP contribution >= 0.6 is 0 Å². The van der Waals surface area contributed by atoms with Gasteiger partial charge in [-0.3, -0.25) is 4.79 Å². The number of Topliss-reactive ketones (excluding diaryl/α,β-unsaturated/α-hetero) is 1. The smallest absolute Gasteiger partial charge is 0.338 e. The molecule has 1 aromatic rings. The Labute approximate surface area is 160 Å². The molecule has 1 saturated carbocycles. The van der Waals surface area contributed by atoms with E-state index in [9.17, 15) is 19.8 Å². The van der Waals surface area contributed by atoms with E-state index >= 15 is 0 Å². The first-order valence-corrected chi connectivity index (χ1v) is 9.51. The van der Waals surface area contributed by atoms with Crippen molar-refractivity contribution in [1.82, 2.24) is 0 Å². The summed E-state index contributed by atoms with van der Waals surface area (Å²) in [5.74, 6) is -0.730. The van der Waals surface area contributed by atoms with Crippen LogP contribution in [0.4, 0.5) is 0 Å². The molecule has 1 fully saturated rings. The summed E-state index contributed by atoms with van der Waals surface area (Å²) in [6.45, 7) is 7.73. The molecule has 0 heterocycles. The van der Waals surface area contributed by atoms with Crippen molar-refractivity contribution in [3.8, 4) is 5.75 Å². The number of hydrogen-bond donors (Lipinski definition) is 2. The van der Waals surface area contributed by atoms with Crippen LogP contribution in [0, 0.1) is 17.3 Å². The van der Waals surface area contributed by atoms with Crippen LogP contribution in [-0.4, -0.2) is 33.7 Å². The lowest BCUT2D eigenvalue weighted by atomic mass is 9.67. The summed E-state index contributed by atoms with van der Waals surface area (Å²) in [6, 6.07) is 5.94. The van der Waals surface area contributed by atoms with E-state index in [1.54, 1.807) is 13.0 Å². The molecule has 5 nitrogen and oxygen atoms in total. The molecule has 0 amide bonds. The largest absolute Gasteiger partial charge is 0.508 e. The SMILES string of the molecule is CC1=C[C@H](O)[C@@H]2[C@](C)(CC[C@@]2(OC(=O)c2ccc(O)cc2)C(C)C)CC1=O. The number of aliphatic hydroxyl groups excluding tert-OH is 1. The van der Waals surface area contributed by atoms with Crippen molar-refractivity contribution < 1.29 is 24.5 Å². The van der Waals surface area contributed by atoms with Crippen molar-refractivity contribution >= 4 is 11.8 Å². The van der Waals surface area contributed by atoms with Crippen LogP contribution in [-0.2, 0) is 9.53 Å². The quantitative estimate of drug-likeness (QED) is 0.792. The third kappa shape index (κ3) is 3.29. The average molecular weight is 372 g/mol. The molecule has 0 aromatic heterocycles. The fourth-order valence-electron chi connectivity index (χ4n) is 4.94. The van der Waals surface area contributed by atoms with Crippen molar-refractivity contribution in [2.75, 3.05) is 0 Å². The van der Waals surface area contributed by atoms with Crippen LogP contribution in [0.3, 0.4) is 0 Å². The van der Waals surface area contributed by atoms with E-state index in [2.05, 4.69) is 0 Å².